The van der Waals surface area contributed by atoms with Gasteiger partial charge in [0.2, 0.25) is 0 Å². The van der Waals surface area contributed by atoms with Crippen LogP contribution in [-0.2, 0) is 19.0 Å². The summed E-state index contributed by atoms with van der Waals surface area (Å²) in [5.41, 5.74) is 0.511. The van der Waals surface area contributed by atoms with Crippen LogP contribution in [0.5, 0.6) is 0 Å². The first-order valence-corrected chi connectivity index (χ1v) is 6.48. The Morgan fingerprint density at radius 3 is 2.47 bits per heavy atom. The molecule has 4 nitrogen and oxygen atoms in total. The number of hydrogen-bond donors (Lipinski definition) is 0. The maximum Gasteiger partial charge on any atom is 0.333 e. The highest BCUT2D eigenvalue weighted by Crippen LogP contribution is 2.03. The summed E-state index contributed by atoms with van der Waals surface area (Å²) >= 11 is 0. The number of ether oxygens (including phenoxy) is 3. The van der Waals surface area contributed by atoms with E-state index in [-0.39, 0.29) is 5.97 Å². The lowest BCUT2D eigenvalue weighted by atomic mass is 10.3. The molecule has 0 radical (unpaired) electrons. The molecule has 5 heteroatoms. The summed E-state index contributed by atoms with van der Waals surface area (Å²) in [4.78, 5) is 11.4. The number of carbonyl (C=O) groups excluding carboxylic acids is 1. The van der Waals surface area contributed by atoms with Crippen LogP contribution in [-0.4, -0.2) is 43.3 Å². The molecular weight excluding hydrogens is 212 g/mol. The Labute approximate surface area is 94.0 Å². The van der Waals surface area contributed by atoms with Crippen molar-refractivity contribution < 1.29 is 19.0 Å². The monoisotopic (exact) mass is 232 g/mol. The Bertz CT molecular complexity index is 211. The molecule has 0 unspecified atom stereocenters. The summed E-state index contributed by atoms with van der Waals surface area (Å²) in [6.45, 7) is 2.19. The second-order valence-corrected chi connectivity index (χ2v) is 4.18. The van der Waals surface area contributed by atoms with E-state index in [4.69, 9.17) is 14.2 Å². The lowest BCUT2D eigenvalue weighted by Crippen LogP contribution is -2.14. The molecule has 0 aliphatic rings. The average Bonchev–Trinajstić information content (AvgIpc) is 2.25. The van der Waals surface area contributed by atoms with Crippen LogP contribution in [0.4, 0.5) is 0 Å². The van der Waals surface area contributed by atoms with Crippen molar-refractivity contribution in [2.24, 2.45) is 0 Å². The first-order chi connectivity index (χ1) is 7.15. The lowest BCUT2D eigenvalue weighted by molar-refractivity contribution is -0.139. The third kappa shape index (κ3) is 6.43. The van der Waals surface area contributed by atoms with Crippen molar-refractivity contribution >= 4 is 16.2 Å². The molecule has 0 spiro atoms. The molecule has 0 aliphatic heterocycles. The molecule has 0 aliphatic carbocycles. The summed E-state index contributed by atoms with van der Waals surface area (Å²) in [7, 11) is 4.19. The molecule has 15 heavy (non-hydrogen) atoms. The maximum atomic E-state index is 11.4. The van der Waals surface area contributed by atoms with Crippen molar-refractivity contribution in [3.63, 3.8) is 0 Å². The van der Waals surface area contributed by atoms with Crippen LogP contribution >= 0.6 is 0 Å². The van der Waals surface area contributed by atoms with Gasteiger partial charge >= 0.3 is 5.97 Å². The molecule has 0 heterocycles. The van der Waals surface area contributed by atoms with E-state index >= 15 is 0 Å². The number of hydrogen-bond acceptors (Lipinski definition) is 4. The van der Waals surface area contributed by atoms with Gasteiger partial charge in [0.05, 0.1) is 6.61 Å². The first kappa shape index (κ1) is 14.3. The SMILES string of the molecule is COC(C=C(C)C(=O)OCCC[SiH3])OC. The van der Waals surface area contributed by atoms with Crippen molar-refractivity contribution in [3.8, 4) is 0 Å². The van der Waals surface area contributed by atoms with Crippen molar-refractivity contribution in [2.45, 2.75) is 25.7 Å². The van der Waals surface area contributed by atoms with Gasteiger partial charge in [0.15, 0.2) is 6.29 Å². The second-order valence-electron chi connectivity index (χ2n) is 3.18. The molecule has 0 saturated heterocycles. The van der Waals surface area contributed by atoms with Crippen molar-refractivity contribution in [1.29, 1.82) is 0 Å². The molecule has 0 aromatic rings. The lowest BCUT2D eigenvalue weighted by Gasteiger charge is -2.10. The molecule has 0 fully saturated rings. The predicted molar refractivity (Wildman–Crippen MR) is 61.9 cm³/mol. The number of rotatable bonds is 7. The second kappa shape index (κ2) is 8.64. The number of methoxy groups -OCH3 is 2. The largest absolute Gasteiger partial charge is 0.462 e. The molecule has 0 atom stereocenters. The maximum absolute atomic E-state index is 11.4. The van der Waals surface area contributed by atoms with Gasteiger partial charge in [-0.15, -0.1) is 0 Å². The molecule has 0 bridgehead atoms. The average molecular weight is 232 g/mol. The van der Waals surface area contributed by atoms with Gasteiger partial charge in [-0.1, -0.05) is 6.04 Å². The van der Waals surface area contributed by atoms with Gasteiger partial charge < -0.3 is 14.2 Å². The Kier molecular flexibility index (Phi) is 8.26. The normalized spacial score (nSPS) is 12.1. The molecule has 0 aromatic carbocycles. The van der Waals surface area contributed by atoms with E-state index in [9.17, 15) is 4.79 Å². The van der Waals surface area contributed by atoms with E-state index in [0.29, 0.717) is 12.2 Å². The van der Waals surface area contributed by atoms with Crippen molar-refractivity contribution in [3.05, 3.63) is 11.6 Å². The van der Waals surface area contributed by atoms with E-state index in [1.54, 1.807) is 13.0 Å². The zero-order valence-electron chi connectivity index (χ0n) is 9.91. The molecule has 88 valence electrons. The fourth-order valence-corrected chi connectivity index (χ4v) is 1.22. The van der Waals surface area contributed by atoms with Crippen LogP contribution < -0.4 is 0 Å². The highest BCUT2D eigenvalue weighted by Gasteiger charge is 2.08. The fourth-order valence-electron chi connectivity index (χ4n) is 0.928. The van der Waals surface area contributed by atoms with Gasteiger partial charge in [-0.3, -0.25) is 0 Å². The Morgan fingerprint density at radius 1 is 1.40 bits per heavy atom. The van der Waals surface area contributed by atoms with Crippen LogP contribution in [0.15, 0.2) is 11.6 Å². The third-order valence-corrected chi connectivity index (χ3v) is 2.61. The zero-order chi connectivity index (χ0) is 11.7. The van der Waals surface area contributed by atoms with Crippen LogP contribution in [0.1, 0.15) is 13.3 Å². The summed E-state index contributed by atoms with van der Waals surface area (Å²) in [5.74, 6) is -0.302. The number of carbonyl (C=O) groups is 1. The van der Waals surface area contributed by atoms with E-state index < -0.39 is 6.29 Å². The van der Waals surface area contributed by atoms with Crippen molar-refractivity contribution in [2.75, 3.05) is 20.8 Å². The van der Waals surface area contributed by atoms with Gasteiger partial charge in [0.1, 0.15) is 0 Å². The minimum Gasteiger partial charge on any atom is -0.462 e. The molecule has 0 saturated carbocycles. The van der Waals surface area contributed by atoms with Crippen LogP contribution in [0.2, 0.25) is 6.04 Å². The van der Waals surface area contributed by atoms with Gasteiger partial charge in [-0.25, -0.2) is 4.79 Å². The summed E-state index contributed by atoms with van der Waals surface area (Å²) in [6.07, 6.45) is 2.06. The molecule has 0 N–H and O–H groups in total. The highest BCUT2D eigenvalue weighted by atomic mass is 28.1. The highest BCUT2D eigenvalue weighted by molar-refractivity contribution is 6.08. The summed E-state index contributed by atoms with van der Waals surface area (Å²) in [5, 5.41) is 0. The topological polar surface area (TPSA) is 44.8 Å². The smallest absolute Gasteiger partial charge is 0.333 e. The first-order valence-electron chi connectivity index (χ1n) is 5.06. The Hall–Kier alpha value is -0.653. The standard InChI is InChI=1S/C10H20O4Si/c1-8(7-9(12-2)13-3)10(11)14-5-4-6-15/h7,9H,4-6H2,1-3,15H3. The Morgan fingerprint density at radius 2 is 2.00 bits per heavy atom. The fraction of sp³-hybridized carbons (Fsp3) is 0.700. The molecule has 0 rings (SSSR count). The van der Waals surface area contributed by atoms with E-state index in [0.717, 1.165) is 22.7 Å². The summed E-state index contributed by atoms with van der Waals surface area (Å²) in [6, 6.07) is 1.15. The molecule has 0 amide bonds. The van der Waals surface area contributed by atoms with Gasteiger partial charge in [-0.2, -0.15) is 0 Å². The van der Waals surface area contributed by atoms with Gasteiger partial charge in [0, 0.05) is 30.0 Å². The van der Waals surface area contributed by atoms with Gasteiger partial charge in [-0.05, 0) is 19.4 Å². The molecule has 0 aromatic heterocycles. The van der Waals surface area contributed by atoms with E-state index in [1.165, 1.54) is 14.2 Å². The van der Waals surface area contributed by atoms with Crippen LogP contribution in [0, 0.1) is 0 Å². The zero-order valence-corrected chi connectivity index (χ0v) is 11.9. The predicted octanol–water partition coefficient (Wildman–Crippen LogP) is 0.269. The van der Waals surface area contributed by atoms with Crippen LogP contribution in [0.3, 0.4) is 0 Å². The minimum absolute atomic E-state index is 0.302. The van der Waals surface area contributed by atoms with E-state index in [1.807, 2.05) is 0 Å². The van der Waals surface area contributed by atoms with Gasteiger partial charge in [0.25, 0.3) is 0 Å². The third-order valence-electron chi connectivity index (χ3n) is 1.90. The minimum atomic E-state index is -0.490. The molecular formula is C10H20O4Si. The Balaban J connectivity index is 4.05. The van der Waals surface area contributed by atoms with Crippen molar-refractivity contribution in [1.82, 2.24) is 0 Å². The summed E-state index contributed by atoms with van der Waals surface area (Å²) < 4.78 is 14.9. The van der Waals surface area contributed by atoms with E-state index in [2.05, 4.69) is 0 Å². The van der Waals surface area contributed by atoms with Crippen LogP contribution in [0.25, 0.3) is 0 Å². The quantitative estimate of drug-likeness (QED) is 0.208. The number of esters is 1.